The molecule has 0 aliphatic carbocycles. The molecule has 0 unspecified atom stereocenters. The maximum absolute atomic E-state index is 13.3. The summed E-state index contributed by atoms with van der Waals surface area (Å²) in [4.78, 5) is 19.8. The number of likely N-dealkylation sites (tertiary alicyclic amines) is 1. The van der Waals surface area contributed by atoms with E-state index in [9.17, 15) is 9.18 Å². The van der Waals surface area contributed by atoms with Crippen molar-refractivity contribution in [1.82, 2.24) is 9.88 Å². The van der Waals surface area contributed by atoms with E-state index in [0.29, 0.717) is 18.8 Å². The predicted octanol–water partition coefficient (Wildman–Crippen LogP) is 4.85. The molecule has 4 nitrogen and oxygen atoms in total. The maximum Gasteiger partial charge on any atom is 0.184 e. The van der Waals surface area contributed by atoms with E-state index < -0.39 is 5.54 Å². The van der Waals surface area contributed by atoms with Crippen molar-refractivity contribution in [1.29, 1.82) is 0 Å². The molecule has 3 rings (SSSR count). The Labute approximate surface area is 179 Å². The Balaban J connectivity index is 1.73. The van der Waals surface area contributed by atoms with Gasteiger partial charge in [-0.25, -0.2) is 4.39 Å². The van der Waals surface area contributed by atoms with E-state index in [4.69, 9.17) is 4.74 Å². The van der Waals surface area contributed by atoms with Gasteiger partial charge >= 0.3 is 0 Å². The number of aromatic nitrogens is 1. The van der Waals surface area contributed by atoms with E-state index in [2.05, 4.69) is 9.88 Å². The van der Waals surface area contributed by atoms with Crippen molar-refractivity contribution in [3.05, 3.63) is 65.2 Å². The van der Waals surface area contributed by atoms with E-state index in [1.165, 1.54) is 12.1 Å². The van der Waals surface area contributed by atoms with Gasteiger partial charge in [-0.15, -0.1) is 0 Å². The van der Waals surface area contributed by atoms with Gasteiger partial charge in [-0.05, 0) is 83.3 Å². The first-order chi connectivity index (χ1) is 14.3. The molecule has 0 saturated carbocycles. The quantitative estimate of drug-likeness (QED) is 0.552. The molecular formula is C25H33FN2O2. The second kappa shape index (κ2) is 9.36. The summed E-state index contributed by atoms with van der Waals surface area (Å²) in [7, 11) is 0. The number of hydrogen-bond donors (Lipinski definition) is 0. The Kier molecular flexibility index (Phi) is 7.04. The lowest BCUT2D eigenvalue weighted by atomic mass is 9.81. The molecule has 0 amide bonds. The van der Waals surface area contributed by atoms with Crippen LogP contribution in [-0.2, 0) is 11.2 Å². The van der Waals surface area contributed by atoms with E-state index >= 15 is 0 Å². The Bertz CT molecular complexity index is 848. The molecule has 0 spiro atoms. The number of aryl methyl sites for hydroxylation is 2. The van der Waals surface area contributed by atoms with Gasteiger partial charge in [-0.2, -0.15) is 0 Å². The second-order valence-electron chi connectivity index (χ2n) is 9.01. The van der Waals surface area contributed by atoms with Crippen molar-refractivity contribution in [2.24, 2.45) is 5.41 Å². The fourth-order valence-corrected chi connectivity index (χ4v) is 4.28. The Morgan fingerprint density at radius 3 is 2.60 bits per heavy atom. The van der Waals surface area contributed by atoms with Gasteiger partial charge in [-0.1, -0.05) is 12.1 Å². The minimum Gasteiger partial charge on any atom is -0.381 e. The lowest BCUT2D eigenvalue weighted by Crippen LogP contribution is -2.50. The van der Waals surface area contributed by atoms with Gasteiger partial charge < -0.3 is 4.74 Å². The van der Waals surface area contributed by atoms with Crippen LogP contribution in [0.5, 0.6) is 0 Å². The normalized spacial score (nSPS) is 19.9. The first kappa shape index (κ1) is 22.6. The molecule has 2 heterocycles. The van der Waals surface area contributed by atoms with Crippen LogP contribution in [0, 0.1) is 18.2 Å². The van der Waals surface area contributed by atoms with Crippen LogP contribution >= 0.6 is 0 Å². The average Bonchev–Trinajstić information content (AvgIpc) is 3.17. The molecule has 0 N–H and O–H groups in total. The Morgan fingerprint density at radius 2 is 1.97 bits per heavy atom. The number of pyridine rings is 1. The summed E-state index contributed by atoms with van der Waals surface area (Å²) in [5.41, 5.74) is 2.07. The zero-order valence-electron chi connectivity index (χ0n) is 18.6. The molecule has 162 valence electrons. The lowest BCUT2D eigenvalue weighted by molar-refractivity contribution is 0.0370. The Morgan fingerprint density at radius 1 is 1.23 bits per heavy atom. The number of rotatable bonds is 9. The van der Waals surface area contributed by atoms with Crippen LogP contribution in [0.1, 0.15) is 55.2 Å². The number of halogens is 1. The minimum absolute atomic E-state index is 0.00648. The molecule has 1 aromatic carbocycles. The van der Waals surface area contributed by atoms with Gasteiger partial charge in [0.05, 0.1) is 12.1 Å². The van der Waals surface area contributed by atoms with E-state index in [1.54, 1.807) is 6.20 Å². The van der Waals surface area contributed by atoms with Crippen LogP contribution in [0.3, 0.4) is 0 Å². The fraction of sp³-hybridized carbons (Fsp3) is 0.520. The smallest absolute Gasteiger partial charge is 0.184 e. The molecule has 2 aromatic rings. The summed E-state index contributed by atoms with van der Waals surface area (Å²) in [6.07, 6.45) is 4.48. The van der Waals surface area contributed by atoms with Crippen LogP contribution in [0.2, 0.25) is 0 Å². The van der Waals surface area contributed by atoms with Crippen molar-refractivity contribution in [2.75, 3.05) is 26.3 Å². The third kappa shape index (κ3) is 5.13. The molecule has 30 heavy (non-hydrogen) atoms. The molecule has 1 aromatic heterocycles. The van der Waals surface area contributed by atoms with E-state index in [0.717, 1.165) is 43.6 Å². The number of carbonyl (C=O) groups is 1. The fourth-order valence-electron chi connectivity index (χ4n) is 4.28. The highest BCUT2D eigenvalue weighted by Crippen LogP contribution is 2.39. The summed E-state index contributed by atoms with van der Waals surface area (Å²) in [5, 5.41) is 0. The molecule has 1 saturated heterocycles. The highest BCUT2D eigenvalue weighted by Gasteiger charge is 2.45. The first-order valence-corrected chi connectivity index (χ1v) is 10.8. The monoisotopic (exact) mass is 412 g/mol. The van der Waals surface area contributed by atoms with Gasteiger partial charge in [-0.3, -0.25) is 14.7 Å². The summed E-state index contributed by atoms with van der Waals surface area (Å²) >= 11 is 0. The van der Waals surface area contributed by atoms with Crippen LogP contribution in [-0.4, -0.2) is 47.5 Å². The third-order valence-electron chi connectivity index (χ3n) is 6.43. The summed E-state index contributed by atoms with van der Waals surface area (Å²) < 4.78 is 19.1. The lowest BCUT2D eigenvalue weighted by Gasteiger charge is -2.36. The number of nitrogens with zero attached hydrogens (tertiary/aromatic N) is 2. The molecule has 0 bridgehead atoms. The van der Waals surface area contributed by atoms with Crippen LogP contribution < -0.4 is 0 Å². The van der Waals surface area contributed by atoms with Crippen molar-refractivity contribution in [3.63, 3.8) is 0 Å². The highest BCUT2D eigenvalue weighted by atomic mass is 19.1. The number of ketones is 1. The van der Waals surface area contributed by atoms with Gasteiger partial charge in [0.1, 0.15) is 5.82 Å². The third-order valence-corrected chi connectivity index (χ3v) is 6.43. The van der Waals surface area contributed by atoms with Crippen molar-refractivity contribution in [3.8, 4) is 0 Å². The summed E-state index contributed by atoms with van der Waals surface area (Å²) in [6, 6.07) is 10.5. The molecule has 5 heteroatoms. The summed E-state index contributed by atoms with van der Waals surface area (Å²) in [5.74, 6) is -0.110. The zero-order chi connectivity index (χ0) is 21.8. The van der Waals surface area contributed by atoms with Crippen LogP contribution in [0.25, 0.3) is 0 Å². The predicted molar refractivity (Wildman–Crippen MR) is 117 cm³/mol. The van der Waals surface area contributed by atoms with E-state index in [-0.39, 0.29) is 17.0 Å². The minimum atomic E-state index is -0.610. The standard InChI is InChI=1S/C25H33FN2O2/c1-5-30-18-25(13-12-20-7-10-22(26)11-8-20)14-15-28(17-25)24(3,4)23(29)21-9-6-19(2)27-16-21/h6-11,16H,5,12-15,17-18H2,1-4H3/t25-/m1/s1. The Hall–Kier alpha value is -2.11. The molecule has 1 fully saturated rings. The molecule has 1 aliphatic heterocycles. The number of hydrogen-bond acceptors (Lipinski definition) is 4. The largest absolute Gasteiger partial charge is 0.381 e. The zero-order valence-corrected chi connectivity index (χ0v) is 18.6. The molecular weight excluding hydrogens is 379 g/mol. The van der Waals surface area contributed by atoms with Crippen molar-refractivity contribution in [2.45, 2.75) is 52.5 Å². The summed E-state index contributed by atoms with van der Waals surface area (Å²) in [6.45, 7) is 11.0. The van der Waals surface area contributed by atoms with Crippen LogP contribution in [0.15, 0.2) is 42.6 Å². The second-order valence-corrected chi connectivity index (χ2v) is 9.01. The number of carbonyl (C=O) groups excluding carboxylic acids is 1. The highest BCUT2D eigenvalue weighted by molar-refractivity contribution is 6.02. The van der Waals surface area contributed by atoms with Gasteiger partial charge in [0, 0.05) is 36.0 Å². The first-order valence-electron chi connectivity index (χ1n) is 10.8. The van der Waals surface area contributed by atoms with Gasteiger partial charge in [0.2, 0.25) is 0 Å². The SMILES string of the molecule is CCOC[C@]1(CCc2ccc(F)cc2)CCN(C(C)(C)C(=O)c2ccc(C)nc2)C1. The maximum atomic E-state index is 13.3. The molecule has 1 atom stereocenters. The molecule has 1 aliphatic rings. The number of Topliss-reactive ketones (excluding diaryl/α,β-unsaturated/α-hetero) is 1. The number of benzene rings is 1. The van der Waals surface area contributed by atoms with Crippen molar-refractivity contribution >= 4 is 5.78 Å². The van der Waals surface area contributed by atoms with E-state index in [1.807, 2.05) is 52.0 Å². The van der Waals surface area contributed by atoms with Gasteiger partial charge in [0.25, 0.3) is 0 Å². The van der Waals surface area contributed by atoms with Crippen molar-refractivity contribution < 1.29 is 13.9 Å². The average molecular weight is 413 g/mol. The number of ether oxygens (including phenoxy) is 1. The van der Waals surface area contributed by atoms with Crippen LogP contribution in [0.4, 0.5) is 4.39 Å². The molecule has 0 radical (unpaired) electrons. The topological polar surface area (TPSA) is 42.4 Å². The van der Waals surface area contributed by atoms with Gasteiger partial charge in [0.15, 0.2) is 5.78 Å².